The van der Waals surface area contributed by atoms with Crippen LogP contribution in [-0.2, 0) is 32.9 Å². The summed E-state index contributed by atoms with van der Waals surface area (Å²) < 4.78 is 31.2. The predicted molar refractivity (Wildman–Crippen MR) is 139 cm³/mol. The fourth-order valence-electron chi connectivity index (χ4n) is 4.70. The van der Waals surface area contributed by atoms with Gasteiger partial charge in [-0.1, -0.05) is 43.3 Å². The lowest BCUT2D eigenvalue weighted by molar-refractivity contribution is -0.175. The van der Waals surface area contributed by atoms with Crippen molar-refractivity contribution in [2.24, 2.45) is 17.3 Å². The lowest BCUT2D eigenvalue weighted by atomic mass is 9.79. The Morgan fingerprint density at radius 3 is 2.00 bits per heavy atom. The quantitative estimate of drug-likeness (QED) is 0.234. The van der Waals surface area contributed by atoms with Crippen molar-refractivity contribution >= 4 is 35.8 Å². The number of benzene rings is 2. The molecule has 0 aromatic heterocycles. The minimum absolute atomic E-state index is 0.0229. The van der Waals surface area contributed by atoms with Crippen LogP contribution in [0.5, 0.6) is 0 Å². The van der Waals surface area contributed by atoms with Crippen LogP contribution >= 0.6 is 7.37 Å². The van der Waals surface area contributed by atoms with Gasteiger partial charge >= 0.3 is 19.3 Å². The maximum Gasteiger partial charge on any atom is 0.361 e. The highest BCUT2D eigenvalue weighted by Gasteiger charge is 2.61. The molecule has 0 aliphatic carbocycles. The molecule has 0 radical (unpaired) electrons. The second kappa shape index (κ2) is 10.4. The standard InChI is InChI=1S/C28H32NO8P/c1-17-22-21(18(2)30)25(31)29(22)23(26(32)35-16-36-27(33)28(3,4)5)24(17)37-38(34,19-12-8-6-9-13-19)20-14-10-7-11-15-20/h6-15,17-18,21-22,30H,16H2,1-5H3. The van der Waals surface area contributed by atoms with Gasteiger partial charge in [0.1, 0.15) is 5.76 Å². The van der Waals surface area contributed by atoms with Crippen molar-refractivity contribution in [2.75, 3.05) is 6.79 Å². The first-order chi connectivity index (χ1) is 17.9. The van der Waals surface area contributed by atoms with Gasteiger partial charge in [-0.3, -0.25) is 19.1 Å². The normalized spacial score (nSPS) is 21.9. The molecule has 202 valence electrons. The minimum atomic E-state index is -3.79. The third kappa shape index (κ3) is 4.88. The molecule has 4 rings (SSSR count). The van der Waals surface area contributed by atoms with Crippen LogP contribution < -0.4 is 10.6 Å². The zero-order valence-electron chi connectivity index (χ0n) is 22.0. The Morgan fingerprint density at radius 2 is 1.53 bits per heavy atom. The van der Waals surface area contributed by atoms with Gasteiger partial charge in [-0.25, -0.2) is 4.79 Å². The summed E-state index contributed by atoms with van der Waals surface area (Å²) in [5, 5.41) is 11.1. The minimum Gasteiger partial charge on any atom is -0.439 e. The van der Waals surface area contributed by atoms with Crippen molar-refractivity contribution in [1.82, 2.24) is 4.90 Å². The van der Waals surface area contributed by atoms with Crippen LogP contribution in [-0.4, -0.2) is 46.8 Å². The van der Waals surface area contributed by atoms with Crippen LogP contribution in [0.2, 0.25) is 0 Å². The lowest BCUT2D eigenvalue weighted by Crippen LogP contribution is -2.63. The topological polar surface area (TPSA) is 119 Å². The Kier molecular flexibility index (Phi) is 7.55. The Morgan fingerprint density at radius 1 is 1.00 bits per heavy atom. The van der Waals surface area contributed by atoms with Crippen molar-refractivity contribution in [1.29, 1.82) is 0 Å². The number of hydrogen-bond donors (Lipinski definition) is 1. The number of β-lactam (4-membered cyclic amide) rings is 1. The molecular formula is C28H32NO8P. The van der Waals surface area contributed by atoms with Gasteiger partial charge < -0.3 is 19.1 Å². The predicted octanol–water partition coefficient (Wildman–Crippen LogP) is 3.09. The number of carbonyl (C=O) groups is 3. The maximum atomic E-state index is 14.6. The molecule has 2 aromatic carbocycles. The molecule has 2 aliphatic rings. The van der Waals surface area contributed by atoms with E-state index in [0.717, 1.165) is 0 Å². The van der Waals surface area contributed by atoms with Crippen molar-refractivity contribution in [2.45, 2.75) is 46.8 Å². The number of nitrogens with zero attached hydrogens (tertiary/aromatic N) is 1. The lowest BCUT2D eigenvalue weighted by Gasteiger charge is -2.46. The summed E-state index contributed by atoms with van der Waals surface area (Å²) in [6.07, 6.45) is -0.967. The molecule has 1 fully saturated rings. The molecule has 4 unspecified atom stereocenters. The van der Waals surface area contributed by atoms with E-state index in [-0.39, 0.29) is 11.5 Å². The summed E-state index contributed by atoms with van der Waals surface area (Å²) in [4.78, 5) is 39.7. The first kappa shape index (κ1) is 27.6. The molecule has 1 amide bonds. The fourth-order valence-corrected chi connectivity index (χ4v) is 6.86. The summed E-state index contributed by atoms with van der Waals surface area (Å²) in [5.41, 5.74) is -1.01. The molecule has 0 spiro atoms. The summed E-state index contributed by atoms with van der Waals surface area (Å²) in [7, 11) is -3.79. The molecule has 2 aromatic rings. The summed E-state index contributed by atoms with van der Waals surface area (Å²) in [5.74, 6) is -3.31. The number of esters is 2. The molecule has 2 heterocycles. The van der Waals surface area contributed by atoms with Crippen LogP contribution in [0, 0.1) is 17.3 Å². The smallest absolute Gasteiger partial charge is 0.361 e. The average Bonchev–Trinajstić information content (AvgIpc) is 3.11. The van der Waals surface area contributed by atoms with E-state index in [2.05, 4.69) is 0 Å². The van der Waals surface area contributed by atoms with Gasteiger partial charge in [-0.05, 0) is 52.0 Å². The Hall–Kier alpha value is -3.42. The Balaban J connectivity index is 1.74. The van der Waals surface area contributed by atoms with E-state index in [1.54, 1.807) is 88.4 Å². The zero-order valence-corrected chi connectivity index (χ0v) is 22.9. The summed E-state index contributed by atoms with van der Waals surface area (Å²) in [6.45, 7) is 7.57. The van der Waals surface area contributed by atoms with Crippen molar-refractivity contribution in [3.05, 3.63) is 72.1 Å². The van der Waals surface area contributed by atoms with Gasteiger partial charge in [0.2, 0.25) is 12.7 Å². The molecule has 9 nitrogen and oxygen atoms in total. The van der Waals surface area contributed by atoms with Crippen LogP contribution in [0.25, 0.3) is 0 Å². The number of aliphatic hydroxyl groups excluding tert-OH is 1. The zero-order chi connectivity index (χ0) is 27.8. The number of rotatable bonds is 8. The molecule has 2 aliphatic heterocycles. The van der Waals surface area contributed by atoms with Crippen LogP contribution in [0.3, 0.4) is 0 Å². The number of carbonyl (C=O) groups excluding carboxylic acids is 3. The molecule has 0 bridgehead atoms. The third-order valence-corrected chi connectivity index (χ3v) is 9.12. The first-order valence-electron chi connectivity index (χ1n) is 12.4. The second-order valence-corrected chi connectivity index (χ2v) is 12.8. The van der Waals surface area contributed by atoms with Crippen molar-refractivity contribution in [3.63, 3.8) is 0 Å². The monoisotopic (exact) mass is 541 g/mol. The largest absolute Gasteiger partial charge is 0.439 e. The average molecular weight is 542 g/mol. The first-order valence-corrected chi connectivity index (χ1v) is 14.0. The van der Waals surface area contributed by atoms with Gasteiger partial charge in [0.05, 0.1) is 34.1 Å². The SMILES string of the molecule is CC(O)C1C(=O)N2C(C(=O)OCOC(=O)C(C)(C)C)=C(OP(=O)(c3ccccc3)c3ccccc3)C(C)C12. The Bertz CT molecular complexity index is 1260. The molecular weight excluding hydrogens is 509 g/mol. The number of hydrogen-bond acceptors (Lipinski definition) is 8. The molecule has 4 atom stereocenters. The summed E-state index contributed by atoms with van der Waals surface area (Å²) in [6, 6.07) is 16.6. The third-order valence-electron chi connectivity index (χ3n) is 6.71. The van der Waals surface area contributed by atoms with Crippen LogP contribution in [0.1, 0.15) is 34.6 Å². The van der Waals surface area contributed by atoms with Crippen LogP contribution in [0.15, 0.2) is 72.1 Å². The number of aliphatic hydroxyl groups is 1. The molecule has 38 heavy (non-hydrogen) atoms. The van der Waals surface area contributed by atoms with Gasteiger partial charge in [-0.2, -0.15) is 0 Å². The van der Waals surface area contributed by atoms with E-state index >= 15 is 0 Å². The van der Waals surface area contributed by atoms with Gasteiger partial charge in [0.25, 0.3) is 0 Å². The highest BCUT2D eigenvalue weighted by molar-refractivity contribution is 7.74. The van der Waals surface area contributed by atoms with Crippen molar-refractivity contribution < 1.29 is 38.1 Å². The number of ether oxygens (including phenoxy) is 2. The summed E-state index contributed by atoms with van der Waals surface area (Å²) >= 11 is 0. The molecule has 1 N–H and O–H groups in total. The maximum absolute atomic E-state index is 14.6. The van der Waals surface area contributed by atoms with Crippen molar-refractivity contribution in [3.8, 4) is 0 Å². The van der Waals surface area contributed by atoms with Gasteiger partial charge in [0, 0.05) is 5.92 Å². The Labute approximate surface area is 221 Å². The fraction of sp³-hybridized carbons (Fsp3) is 0.393. The molecule has 0 saturated carbocycles. The molecule has 10 heteroatoms. The number of amides is 1. The van der Waals surface area contributed by atoms with Gasteiger partial charge in [-0.15, -0.1) is 0 Å². The molecule has 1 saturated heterocycles. The van der Waals surface area contributed by atoms with E-state index in [0.29, 0.717) is 10.6 Å². The van der Waals surface area contributed by atoms with E-state index in [1.165, 1.54) is 11.8 Å². The highest BCUT2D eigenvalue weighted by atomic mass is 31.2. The second-order valence-electron chi connectivity index (χ2n) is 10.5. The van der Waals surface area contributed by atoms with E-state index in [9.17, 15) is 24.1 Å². The van der Waals surface area contributed by atoms with Gasteiger partial charge in [0.15, 0.2) is 5.70 Å². The van der Waals surface area contributed by atoms with E-state index in [1.807, 2.05) is 0 Å². The van der Waals surface area contributed by atoms with E-state index in [4.69, 9.17) is 14.0 Å². The van der Waals surface area contributed by atoms with Crippen LogP contribution in [0.4, 0.5) is 0 Å². The number of fused-ring (bicyclic) bond motifs is 1. The van der Waals surface area contributed by atoms with E-state index < -0.39 is 61.4 Å². The highest BCUT2D eigenvalue weighted by Crippen LogP contribution is 2.55.